The molecule has 27 rings (SSSR count). The summed E-state index contributed by atoms with van der Waals surface area (Å²) in [5.74, 6) is 1.59. The Balaban J connectivity index is 0.000000113. The van der Waals surface area contributed by atoms with Gasteiger partial charge in [0.15, 0.2) is 5.82 Å². The van der Waals surface area contributed by atoms with Crippen molar-refractivity contribution in [1.82, 2.24) is 28.7 Å². The molecule has 0 amide bonds. The molecule has 0 saturated carbocycles. The maximum Gasteiger partial charge on any atom is 0.159 e. The molecular weight excluding hydrogens is 1720 g/mol. The number of para-hydroxylation sites is 6. The van der Waals surface area contributed by atoms with E-state index in [9.17, 15) is 0 Å². The van der Waals surface area contributed by atoms with Crippen LogP contribution >= 0.6 is 0 Å². The van der Waals surface area contributed by atoms with Crippen molar-refractivity contribution in [3.05, 3.63) is 552 Å². The first-order chi connectivity index (χ1) is 70.5. The second-order valence-corrected chi connectivity index (χ2v) is 35.8. The highest BCUT2D eigenvalue weighted by Crippen LogP contribution is 2.49. The van der Waals surface area contributed by atoms with Gasteiger partial charge in [-0.15, -0.1) is 0 Å². The molecule has 9 nitrogen and oxygen atoms in total. The number of anilines is 9. The SMILES string of the molecule is c1ccc(-c2ccc(N(c3cccc(-c4cccc(-n5c6ccccc6c6ccccc65)c4)c3)c3cccc4ccccc34)c3ccccc23)cc1.c1ccc(N(c2cccc(-c3cccc(-n4c5ccccc5c5ccccc54)c3)c2)c2cccc3ccccc23)nc1.c1cnc(-c2ccc(N(c3cccc(-c4cccc(-n5c6ccccc6c6ccccc65)c4)c3)c3cccc4ccccc34)cc2)nc1. The lowest BCUT2D eigenvalue weighted by Crippen LogP contribution is -2.11. The lowest BCUT2D eigenvalue weighted by Gasteiger charge is -2.29. The van der Waals surface area contributed by atoms with Crippen LogP contribution in [0.15, 0.2) is 552 Å². The minimum Gasteiger partial charge on any atom is -0.310 e. The van der Waals surface area contributed by atoms with Crippen molar-refractivity contribution in [3.63, 3.8) is 0 Å². The van der Waals surface area contributed by atoms with Crippen molar-refractivity contribution in [2.24, 2.45) is 0 Å². The summed E-state index contributed by atoms with van der Waals surface area (Å²) < 4.78 is 7.13. The molecule has 142 heavy (non-hydrogen) atoms. The Bertz CT molecular complexity index is 9240. The molecule has 0 fully saturated rings. The number of fused-ring (bicyclic) bond motifs is 13. The van der Waals surface area contributed by atoms with Gasteiger partial charge in [0.2, 0.25) is 0 Å². The van der Waals surface area contributed by atoms with Gasteiger partial charge in [0, 0.05) is 118 Å². The topological polar surface area (TPSA) is 63.2 Å². The molecule has 0 aliphatic rings. The summed E-state index contributed by atoms with van der Waals surface area (Å²) >= 11 is 0. The summed E-state index contributed by atoms with van der Waals surface area (Å²) in [7, 11) is 0. The Morgan fingerprint density at radius 2 is 0.451 bits per heavy atom. The first-order valence-corrected chi connectivity index (χ1v) is 48.3. The number of rotatable bonds is 17. The van der Waals surface area contributed by atoms with E-state index in [1.54, 1.807) is 12.4 Å². The van der Waals surface area contributed by atoms with Crippen LogP contribution in [0.3, 0.4) is 0 Å². The van der Waals surface area contributed by atoms with Crippen LogP contribution in [0.1, 0.15) is 0 Å². The fourth-order valence-electron chi connectivity index (χ4n) is 21.0. The average Bonchev–Trinajstić information content (AvgIpc) is 1.64. The molecule has 0 radical (unpaired) electrons. The van der Waals surface area contributed by atoms with Crippen molar-refractivity contribution in [3.8, 4) is 73.0 Å². The van der Waals surface area contributed by atoms with E-state index in [-0.39, 0.29) is 0 Å². The molecule has 0 aliphatic carbocycles. The van der Waals surface area contributed by atoms with Gasteiger partial charge < -0.3 is 23.5 Å². The molecule has 0 bridgehead atoms. The zero-order chi connectivity index (χ0) is 94.2. The van der Waals surface area contributed by atoms with Gasteiger partial charge in [-0.2, -0.15) is 0 Å². The second-order valence-electron chi connectivity index (χ2n) is 35.8. The van der Waals surface area contributed by atoms with Crippen molar-refractivity contribution in [2.45, 2.75) is 0 Å². The zero-order valence-electron chi connectivity index (χ0n) is 77.6. The van der Waals surface area contributed by atoms with Gasteiger partial charge in [-0.3, -0.25) is 4.90 Å². The molecule has 0 unspecified atom stereocenters. The number of pyridine rings is 1. The zero-order valence-corrected chi connectivity index (χ0v) is 77.6. The molecule has 0 spiro atoms. The van der Waals surface area contributed by atoms with Gasteiger partial charge in [-0.25, -0.2) is 15.0 Å². The fourth-order valence-corrected chi connectivity index (χ4v) is 21.0. The van der Waals surface area contributed by atoms with Crippen molar-refractivity contribution < 1.29 is 0 Å². The average molecular weight is 1820 g/mol. The number of aromatic nitrogens is 6. The normalized spacial score (nSPS) is 11.4. The Morgan fingerprint density at radius 1 is 0.155 bits per heavy atom. The van der Waals surface area contributed by atoms with Crippen LogP contribution in [-0.2, 0) is 0 Å². The standard InChI is InChI=1S/C50H34N2.C44H30N4.C39H27N3/c1-2-15-35(16-3-1)41-31-32-50(44-25-7-6-24-43(41)44)51(47-30-14-18-36-17-4-5-23-42(36)47)39-21-12-19-37(33-39)38-20-13-22-40(34-38)52-48-28-10-8-26-45(48)46-27-9-11-29-49(46)52;1-2-17-38-31(11-1)12-9-22-41(38)47(35-25-23-32(24-26-35)44-45-27-10-28-46-44)36-15-7-13-33(29-36)34-14-8-16-37(30-34)48-42-20-5-3-18-39(42)40-19-4-6-21-43(40)48;1-2-18-33-28(12-1)13-11-23-36(33)42(39-24-7-8-25-40-39)32-17-10-15-30(27-32)29-14-9-16-31(26-29)41-37-21-5-3-19-34(37)35-20-4-6-22-38(35)41/h1-34H;1-30H;1-27H. The molecule has 9 heteroatoms. The van der Waals surface area contributed by atoms with Crippen LogP contribution in [0.25, 0.3) is 181 Å². The molecule has 668 valence electrons. The molecule has 0 N–H and O–H groups in total. The van der Waals surface area contributed by atoms with E-state index in [1.807, 2.05) is 24.4 Å². The third-order valence-electron chi connectivity index (χ3n) is 27.4. The third kappa shape index (κ3) is 15.8. The highest BCUT2D eigenvalue weighted by Gasteiger charge is 2.25. The van der Waals surface area contributed by atoms with Crippen LogP contribution in [0, 0.1) is 0 Å². The highest BCUT2D eigenvalue weighted by molar-refractivity contribution is 6.14. The minimum atomic E-state index is 0.714. The number of benzene rings is 22. The van der Waals surface area contributed by atoms with Gasteiger partial charge in [-0.05, 0) is 242 Å². The molecule has 0 saturated heterocycles. The first kappa shape index (κ1) is 84.6. The van der Waals surface area contributed by atoms with E-state index in [0.29, 0.717) is 5.82 Å². The fraction of sp³-hybridized carbons (Fsp3) is 0. The predicted molar refractivity (Wildman–Crippen MR) is 597 cm³/mol. The predicted octanol–water partition coefficient (Wildman–Crippen LogP) is 35.9. The third-order valence-corrected chi connectivity index (χ3v) is 27.4. The molecule has 5 heterocycles. The van der Waals surface area contributed by atoms with Crippen molar-refractivity contribution in [1.29, 1.82) is 0 Å². The molecule has 0 atom stereocenters. The molecule has 22 aromatic carbocycles. The Labute approximate surface area is 822 Å². The Kier molecular flexibility index (Phi) is 22.2. The van der Waals surface area contributed by atoms with Gasteiger partial charge >= 0.3 is 0 Å². The number of hydrogen-bond donors (Lipinski definition) is 0. The maximum absolute atomic E-state index is 4.77. The van der Waals surface area contributed by atoms with Crippen molar-refractivity contribution >= 4 is 160 Å². The van der Waals surface area contributed by atoms with Crippen LogP contribution in [0.4, 0.5) is 51.3 Å². The highest BCUT2D eigenvalue weighted by atomic mass is 15.2. The van der Waals surface area contributed by atoms with E-state index in [1.165, 1.54) is 125 Å². The molecular formula is C133H91N9. The lowest BCUT2D eigenvalue weighted by molar-refractivity contribution is 1.17. The maximum atomic E-state index is 4.77. The first-order valence-electron chi connectivity index (χ1n) is 48.3. The van der Waals surface area contributed by atoms with Crippen LogP contribution < -0.4 is 14.7 Å². The number of nitrogens with zero attached hydrogens (tertiary/aromatic N) is 9. The Hall–Kier alpha value is -19.1. The minimum absolute atomic E-state index is 0.714. The smallest absolute Gasteiger partial charge is 0.159 e. The van der Waals surface area contributed by atoms with E-state index < -0.39 is 0 Å². The van der Waals surface area contributed by atoms with Crippen LogP contribution in [0.2, 0.25) is 0 Å². The number of hydrogen-bond acceptors (Lipinski definition) is 6. The quantitative estimate of drug-likeness (QED) is 0.0905. The monoisotopic (exact) mass is 1810 g/mol. The van der Waals surface area contributed by atoms with Crippen LogP contribution in [-0.4, -0.2) is 28.7 Å². The molecule has 0 aliphatic heterocycles. The van der Waals surface area contributed by atoms with Crippen LogP contribution in [0.5, 0.6) is 0 Å². The second kappa shape index (κ2) is 37.2. The van der Waals surface area contributed by atoms with E-state index in [2.05, 4.69) is 554 Å². The summed E-state index contributed by atoms with van der Waals surface area (Å²) in [5.41, 5.74) is 29.9. The van der Waals surface area contributed by atoms with Gasteiger partial charge in [0.25, 0.3) is 0 Å². The summed E-state index contributed by atoms with van der Waals surface area (Å²) in [4.78, 5) is 20.7. The van der Waals surface area contributed by atoms with E-state index in [0.717, 1.165) is 102 Å². The van der Waals surface area contributed by atoms with Crippen molar-refractivity contribution in [2.75, 3.05) is 14.7 Å². The summed E-state index contributed by atoms with van der Waals surface area (Å²) in [6, 6.07) is 191. The Morgan fingerprint density at radius 3 is 0.859 bits per heavy atom. The summed E-state index contributed by atoms with van der Waals surface area (Å²) in [6.07, 6.45) is 5.41. The lowest BCUT2D eigenvalue weighted by atomic mass is 9.96. The van der Waals surface area contributed by atoms with Gasteiger partial charge in [-0.1, -0.05) is 358 Å². The largest absolute Gasteiger partial charge is 0.310 e. The van der Waals surface area contributed by atoms with E-state index in [4.69, 9.17) is 4.98 Å². The molecule has 27 aromatic rings. The van der Waals surface area contributed by atoms with Gasteiger partial charge in [0.1, 0.15) is 5.82 Å². The molecule has 5 aromatic heterocycles. The summed E-state index contributed by atoms with van der Waals surface area (Å²) in [6.45, 7) is 0. The van der Waals surface area contributed by atoms with E-state index >= 15 is 0 Å². The van der Waals surface area contributed by atoms with Gasteiger partial charge in [0.05, 0.1) is 55.8 Å². The summed E-state index contributed by atoms with van der Waals surface area (Å²) in [5, 5.41) is 17.2.